The van der Waals surface area contributed by atoms with Gasteiger partial charge in [-0.1, -0.05) is 12.1 Å². The van der Waals surface area contributed by atoms with E-state index in [0.717, 1.165) is 0 Å². The Bertz CT molecular complexity index is 456. The number of rotatable bonds is 2. The molecule has 0 saturated heterocycles. The average Bonchev–Trinajstić information content (AvgIpc) is 2.28. The van der Waals surface area contributed by atoms with Crippen LogP contribution in [-0.4, -0.2) is 25.5 Å². The first kappa shape index (κ1) is 14.7. The van der Waals surface area contributed by atoms with Gasteiger partial charge in [-0.25, -0.2) is 8.78 Å². The smallest absolute Gasteiger partial charge is 0.269 e. The van der Waals surface area contributed by atoms with Crippen LogP contribution in [0.25, 0.3) is 0 Å². The zero-order valence-corrected chi connectivity index (χ0v) is 10.3. The maximum absolute atomic E-state index is 13.3. The van der Waals surface area contributed by atoms with Gasteiger partial charge in [0.05, 0.1) is 6.61 Å². The molecule has 0 radical (unpaired) electrons. The van der Waals surface area contributed by atoms with Gasteiger partial charge in [0.15, 0.2) is 5.54 Å². The first-order valence-electron chi connectivity index (χ1n) is 5.11. The molecule has 1 aliphatic rings. The Kier molecular flexibility index (Phi) is 4.48. The predicted octanol–water partition coefficient (Wildman–Crippen LogP) is 1.54. The van der Waals surface area contributed by atoms with Gasteiger partial charge in [-0.2, -0.15) is 0 Å². The highest BCUT2D eigenvalue weighted by Crippen LogP contribution is 2.35. The van der Waals surface area contributed by atoms with Crippen molar-refractivity contribution in [2.75, 3.05) is 18.9 Å². The Morgan fingerprint density at radius 1 is 1.33 bits per heavy atom. The summed E-state index contributed by atoms with van der Waals surface area (Å²) in [6.07, 6.45) is -2.71. The van der Waals surface area contributed by atoms with Crippen LogP contribution >= 0.6 is 12.4 Å². The molecule has 100 valence electrons. The lowest BCUT2D eigenvalue weighted by Gasteiger charge is -2.33. The molecule has 0 saturated carbocycles. The lowest BCUT2D eigenvalue weighted by atomic mass is 9.90. The number of nitrogens with zero attached hydrogens (tertiary/aromatic N) is 1. The van der Waals surface area contributed by atoms with E-state index in [1.807, 2.05) is 0 Å². The van der Waals surface area contributed by atoms with E-state index in [1.165, 1.54) is 6.07 Å². The number of benzene rings is 1. The summed E-state index contributed by atoms with van der Waals surface area (Å²) in [5, 5.41) is 0. The zero-order valence-electron chi connectivity index (χ0n) is 9.48. The third kappa shape index (κ3) is 2.54. The van der Waals surface area contributed by atoms with Crippen LogP contribution in [0.1, 0.15) is 5.56 Å². The summed E-state index contributed by atoms with van der Waals surface area (Å²) >= 11 is 0. The molecule has 0 fully saturated rings. The molecule has 1 aromatic carbocycles. The Balaban J connectivity index is 0.00000162. The molecule has 1 atom stereocenters. The van der Waals surface area contributed by atoms with Crippen LogP contribution in [0.3, 0.4) is 0 Å². The lowest BCUT2D eigenvalue weighted by molar-refractivity contribution is -0.0129. The van der Waals surface area contributed by atoms with E-state index in [-0.39, 0.29) is 31.5 Å². The van der Waals surface area contributed by atoms with Crippen molar-refractivity contribution in [2.24, 2.45) is 10.7 Å². The Hall–Kier alpha value is -1.40. The Morgan fingerprint density at radius 3 is 2.61 bits per heavy atom. The van der Waals surface area contributed by atoms with Crippen molar-refractivity contribution in [1.82, 2.24) is 0 Å². The van der Waals surface area contributed by atoms with Gasteiger partial charge < -0.3 is 16.2 Å². The molecule has 0 spiro atoms. The van der Waals surface area contributed by atoms with Gasteiger partial charge in [-0.15, -0.1) is 12.4 Å². The van der Waals surface area contributed by atoms with Crippen LogP contribution in [0.4, 0.5) is 14.5 Å². The van der Waals surface area contributed by atoms with E-state index >= 15 is 0 Å². The number of hydrogen-bond donors (Lipinski definition) is 2. The summed E-state index contributed by atoms with van der Waals surface area (Å²) in [5.74, 6) is 0.0685. The van der Waals surface area contributed by atoms with Crippen LogP contribution in [0.2, 0.25) is 0 Å². The molecule has 0 aliphatic carbocycles. The van der Waals surface area contributed by atoms with Gasteiger partial charge in [0, 0.05) is 5.69 Å². The average molecular weight is 278 g/mol. The van der Waals surface area contributed by atoms with Crippen molar-refractivity contribution in [3.05, 3.63) is 29.8 Å². The molecule has 2 rings (SSSR count). The first-order valence-corrected chi connectivity index (χ1v) is 5.11. The number of alkyl halides is 2. The fourth-order valence-corrected chi connectivity index (χ4v) is 1.83. The minimum absolute atomic E-state index is 0. The summed E-state index contributed by atoms with van der Waals surface area (Å²) in [5.41, 5.74) is 10.1. The number of halogens is 3. The molecule has 0 bridgehead atoms. The standard InChI is InChI=1S/C11H13F2N3O.ClH/c12-10(13)11(6-17-5-9(15)16-11)7-2-1-3-8(14)4-7;/h1-4,10H,5-6,14H2,(H2,15,16);1H. The summed E-state index contributed by atoms with van der Waals surface area (Å²) in [4.78, 5) is 3.89. The number of anilines is 1. The van der Waals surface area contributed by atoms with E-state index in [2.05, 4.69) is 4.99 Å². The number of hydrogen-bond acceptors (Lipinski definition) is 4. The van der Waals surface area contributed by atoms with Crippen LogP contribution in [0.5, 0.6) is 0 Å². The lowest BCUT2D eigenvalue weighted by Crippen LogP contribution is -2.44. The summed E-state index contributed by atoms with van der Waals surface area (Å²) in [6, 6.07) is 6.25. The van der Waals surface area contributed by atoms with Crippen molar-refractivity contribution in [3.63, 3.8) is 0 Å². The van der Waals surface area contributed by atoms with Gasteiger partial charge in [0.25, 0.3) is 6.43 Å². The normalized spacial score (nSPS) is 23.4. The maximum atomic E-state index is 13.3. The van der Waals surface area contributed by atoms with Crippen LogP contribution < -0.4 is 11.5 Å². The third-order valence-electron chi connectivity index (χ3n) is 2.66. The summed E-state index contributed by atoms with van der Waals surface area (Å²) < 4.78 is 31.6. The van der Waals surface area contributed by atoms with Crippen LogP contribution in [-0.2, 0) is 10.3 Å². The zero-order chi connectivity index (χ0) is 12.5. The number of amidine groups is 1. The van der Waals surface area contributed by atoms with Crippen molar-refractivity contribution in [3.8, 4) is 0 Å². The highest BCUT2D eigenvalue weighted by Gasteiger charge is 2.44. The highest BCUT2D eigenvalue weighted by molar-refractivity contribution is 5.85. The SMILES string of the molecule is Cl.NC1=NC(c2cccc(N)c2)(C(F)F)COC1. The predicted molar refractivity (Wildman–Crippen MR) is 68.2 cm³/mol. The van der Waals surface area contributed by atoms with Crippen molar-refractivity contribution < 1.29 is 13.5 Å². The molecular formula is C11H14ClF2N3O. The van der Waals surface area contributed by atoms with E-state index in [0.29, 0.717) is 11.3 Å². The van der Waals surface area contributed by atoms with Gasteiger partial charge in [0.1, 0.15) is 12.4 Å². The molecule has 1 aliphatic heterocycles. The van der Waals surface area contributed by atoms with Gasteiger partial charge in [-0.05, 0) is 17.7 Å². The Labute approximate surface area is 109 Å². The van der Waals surface area contributed by atoms with E-state index in [4.69, 9.17) is 16.2 Å². The number of ether oxygens (including phenoxy) is 1. The molecule has 1 heterocycles. The van der Waals surface area contributed by atoms with E-state index in [9.17, 15) is 8.78 Å². The van der Waals surface area contributed by atoms with Crippen LogP contribution in [0, 0.1) is 0 Å². The fourth-order valence-electron chi connectivity index (χ4n) is 1.83. The Morgan fingerprint density at radius 2 is 2.06 bits per heavy atom. The quantitative estimate of drug-likeness (QED) is 0.805. The molecule has 0 amide bonds. The van der Waals surface area contributed by atoms with Gasteiger partial charge in [0.2, 0.25) is 0 Å². The van der Waals surface area contributed by atoms with Crippen LogP contribution in [0.15, 0.2) is 29.3 Å². The molecule has 1 unspecified atom stereocenters. The van der Waals surface area contributed by atoms with E-state index in [1.54, 1.807) is 18.2 Å². The molecule has 1 aromatic rings. The second-order valence-corrected chi connectivity index (χ2v) is 3.95. The topological polar surface area (TPSA) is 73.6 Å². The summed E-state index contributed by atoms with van der Waals surface area (Å²) in [7, 11) is 0. The highest BCUT2D eigenvalue weighted by atomic mass is 35.5. The number of nitrogens with two attached hydrogens (primary N) is 2. The second-order valence-electron chi connectivity index (χ2n) is 3.95. The fraction of sp³-hybridized carbons (Fsp3) is 0.364. The molecule has 18 heavy (non-hydrogen) atoms. The molecular weight excluding hydrogens is 264 g/mol. The van der Waals surface area contributed by atoms with Crippen molar-refractivity contribution in [2.45, 2.75) is 12.0 Å². The number of nitrogen functional groups attached to an aromatic ring is 1. The molecule has 4 nitrogen and oxygen atoms in total. The minimum Gasteiger partial charge on any atom is -0.399 e. The monoisotopic (exact) mass is 277 g/mol. The first-order chi connectivity index (χ1) is 8.04. The second kappa shape index (κ2) is 5.49. The van der Waals surface area contributed by atoms with E-state index < -0.39 is 12.0 Å². The van der Waals surface area contributed by atoms with Crippen molar-refractivity contribution in [1.29, 1.82) is 0 Å². The maximum Gasteiger partial charge on any atom is 0.269 e. The summed E-state index contributed by atoms with van der Waals surface area (Å²) in [6.45, 7) is -0.119. The van der Waals surface area contributed by atoms with Gasteiger partial charge >= 0.3 is 0 Å². The molecule has 7 heteroatoms. The third-order valence-corrected chi connectivity index (χ3v) is 2.66. The molecule has 0 aromatic heterocycles. The number of aliphatic imine (C=N–C) groups is 1. The largest absolute Gasteiger partial charge is 0.399 e. The molecule has 4 N–H and O–H groups in total. The van der Waals surface area contributed by atoms with Gasteiger partial charge in [-0.3, -0.25) is 4.99 Å². The minimum atomic E-state index is -2.71. The van der Waals surface area contributed by atoms with Crippen molar-refractivity contribution >= 4 is 23.9 Å².